The highest BCUT2D eigenvalue weighted by atomic mass is 32.2. The lowest BCUT2D eigenvalue weighted by atomic mass is 10.2. The molecule has 27 heavy (non-hydrogen) atoms. The molecule has 0 atom stereocenters. The van der Waals surface area contributed by atoms with Gasteiger partial charge in [-0.2, -0.15) is 26.3 Å². The zero-order chi connectivity index (χ0) is 20.5. The van der Waals surface area contributed by atoms with Crippen LogP contribution in [0.4, 0.5) is 37.7 Å². The average Bonchev–Trinajstić information content (AvgIpc) is 2.53. The van der Waals surface area contributed by atoms with Crippen molar-refractivity contribution in [3.05, 3.63) is 54.1 Å². The summed E-state index contributed by atoms with van der Waals surface area (Å²) >= 11 is 0. The second-order valence-corrected chi connectivity index (χ2v) is 6.84. The number of halogens is 6. The first-order valence-corrected chi connectivity index (χ1v) is 8.46. The van der Waals surface area contributed by atoms with E-state index < -0.39 is 38.7 Å². The molecule has 0 saturated heterocycles. The van der Waals surface area contributed by atoms with Gasteiger partial charge in [-0.3, -0.25) is 9.52 Å². The molecule has 0 spiro atoms. The molecule has 2 aromatic carbocycles. The van der Waals surface area contributed by atoms with Gasteiger partial charge in [0, 0.05) is 11.4 Å². The second kappa shape index (κ2) is 7.10. The Morgan fingerprint density at radius 3 is 1.96 bits per heavy atom. The van der Waals surface area contributed by atoms with Crippen LogP contribution >= 0.6 is 0 Å². The molecule has 146 valence electrons. The maximum absolute atomic E-state index is 12.7. The number of rotatable bonds is 4. The number of carbonyl (C=O) groups excluding carboxylic acids is 1. The van der Waals surface area contributed by atoms with Crippen LogP contribution in [0.1, 0.15) is 5.56 Å². The summed E-state index contributed by atoms with van der Waals surface area (Å²) in [7, 11) is -4.30. The lowest BCUT2D eigenvalue weighted by Gasteiger charge is -2.12. The SMILES string of the molecule is O=C(Nc1ccc(S(=O)(=O)Nc2cccc(C(F)(F)F)c2)cc1)C(F)(F)F. The molecule has 0 radical (unpaired) electrons. The molecule has 2 rings (SSSR count). The Labute approximate surface area is 149 Å². The van der Waals surface area contributed by atoms with Crippen LogP contribution in [-0.2, 0) is 21.0 Å². The maximum atomic E-state index is 12.7. The summed E-state index contributed by atoms with van der Waals surface area (Å²) in [5.74, 6) is -2.24. The van der Waals surface area contributed by atoms with Crippen molar-refractivity contribution in [3.63, 3.8) is 0 Å². The molecule has 0 heterocycles. The minimum atomic E-state index is -5.12. The zero-order valence-corrected chi connectivity index (χ0v) is 13.8. The highest BCUT2D eigenvalue weighted by Gasteiger charge is 2.38. The standard InChI is InChI=1S/C15H10F6N2O3S/c16-14(17,18)9-2-1-3-11(8-9)23-27(25,26)12-6-4-10(5-7-12)22-13(24)15(19,20)21/h1-8,23H,(H,22,24). The highest BCUT2D eigenvalue weighted by molar-refractivity contribution is 7.92. The number of alkyl halides is 6. The lowest BCUT2D eigenvalue weighted by Crippen LogP contribution is -2.29. The van der Waals surface area contributed by atoms with E-state index in [2.05, 4.69) is 0 Å². The average molecular weight is 412 g/mol. The number of sulfonamides is 1. The van der Waals surface area contributed by atoms with Crippen LogP contribution in [0.3, 0.4) is 0 Å². The van der Waals surface area contributed by atoms with Gasteiger partial charge >= 0.3 is 18.3 Å². The van der Waals surface area contributed by atoms with Gasteiger partial charge < -0.3 is 5.32 Å². The number of carbonyl (C=O) groups is 1. The van der Waals surface area contributed by atoms with Crippen molar-refractivity contribution >= 4 is 27.3 Å². The second-order valence-electron chi connectivity index (χ2n) is 5.16. The molecule has 2 N–H and O–H groups in total. The number of anilines is 2. The summed E-state index contributed by atoms with van der Waals surface area (Å²) < 4.78 is 101. The molecule has 5 nitrogen and oxygen atoms in total. The van der Waals surface area contributed by atoms with Crippen LogP contribution in [-0.4, -0.2) is 20.5 Å². The van der Waals surface area contributed by atoms with Gasteiger partial charge in [-0.1, -0.05) is 6.07 Å². The molecule has 0 unspecified atom stereocenters. The van der Waals surface area contributed by atoms with E-state index in [1.807, 2.05) is 4.72 Å². The highest BCUT2D eigenvalue weighted by Crippen LogP contribution is 2.31. The number of nitrogens with one attached hydrogen (secondary N) is 2. The molecule has 0 aliphatic rings. The van der Waals surface area contributed by atoms with E-state index >= 15 is 0 Å². The fourth-order valence-electron chi connectivity index (χ4n) is 1.89. The minimum absolute atomic E-state index is 0.310. The van der Waals surface area contributed by atoms with Crippen LogP contribution in [0.25, 0.3) is 0 Å². The Morgan fingerprint density at radius 2 is 1.44 bits per heavy atom. The van der Waals surface area contributed by atoms with Crippen molar-refractivity contribution < 1.29 is 39.6 Å². The quantitative estimate of drug-likeness (QED) is 0.746. The van der Waals surface area contributed by atoms with Crippen molar-refractivity contribution in [1.82, 2.24) is 0 Å². The van der Waals surface area contributed by atoms with E-state index in [4.69, 9.17) is 0 Å². The normalized spacial score (nSPS) is 12.5. The first kappa shape index (κ1) is 20.6. The summed E-state index contributed by atoms with van der Waals surface area (Å²) in [6.07, 6.45) is -9.78. The predicted octanol–water partition coefficient (Wildman–Crippen LogP) is 4.01. The van der Waals surface area contributed by atoms with Gasteiger partial charge in [-0.05, 0) is 42.5 Å². The molecule has 2 aromatic rings. The molecule has 0 aliphatic carbocycles. The Bertz CT molecular complexity index is 937. The van der Waals surface area contributed by atoms with Gasteiger partial charge in [0.2, 0.25) is 0 Å². The summed E-state index contributed by atoms with van der Waals surface area (Å²) in [5, 5.41) is 1.53. The third-order valence-corrected chi connectivity index (χ3v) is 4.52. The molecule has 0 aliphatic heterocycles. The Kier molecular flexibility index (Phi) is 5.40. The van der Waals surface area contributed by atoms with Gasteiger partial charge in [-0.25, -0.2) is 8.42 Å². The molecule has 12 heteroatoms. The topological polar surface area (TPSA) is 75.3 Å². The van der Waals surface area contributed by atoms with Crippen molar-refractivity contribution in [2.75, 3.05) is 10.0 Å². The Hall–Kier alpha value is -2.76. The third-order valence-electron chi connectivity index (χ3n) is 3.12. The van der Waals surface area contributed by atoms with Crippen molar-refractivity contribution in [3.8, 4) is 0 Å². The summed E-state index contributed by atoms with van der Waals surface area (Å²) in [6.45, 7) is 0. The minimum Gasteiger partial charge on any atom is -0.318 e. The van der Waals surface area contributed by atoms with E-state index in [0.717, 1.165) is 42.5 Å². The van der Waals surface area contributed by atoms with Crippen molar-refractivity contribution in [2.24, 2.45) is 0 Å². The summed E-state index contributed by atoms with van der Waals surface area (Å²) in [6, 6.07) is 7.06. The van der Waals surface area contributed by atoms with E-state index in [0.29, 0.717) is 6.07 Å². The Morgan fingerprint density at radius 1 is 0.852 bits per heavy atom. The molecule has 0 bridgehead atoms. The van der Waals surface area contributed by atoms with E-state index in [9.17, 15) is 39.6 Å². The molecule has 0 fully saturated rings. The van der Waals surface area contributed by atoms with Crippen LogP contribution < -0.4 is 10.0 Å². The van der Waals surface area contributed by atoms with Gasteiger partial charge in [0.1, 0.15) is 0 Å². The summed E-state index contributed by atoms with van der Waals surface area (Å²) in [4.78, 5) is 10.4. The molecule has 1 amide bonds. The molecule has 0 aromatic heterocycles. The predicted molar refractivity (Wildman–Crippen MR) is 83.4 cm³/mol. The maximum Gasteiger partial charge on any atom is 0.471 e. The third kappa shape index (κ3) is 5.36. The first-order valence-electron chi connectivity index (χ1n) is 6.97. The van der Waals surface area contributed by atoms with Crippen molar-refractivity contribution in [1.29, 1.82) is 0 Å². The largest absolute Gasteiger partial charge is 0.471 e. The Balaban J connectivity index is 2.19. The molecular formula is C15H10F6N2O3S. The van der Waals surface area contributed by atoms with Crippen LogP contribution in [0.5, 0.6) is 0 Å². The van der Waals surface area contributed by atoms with Crippen LogP contribution in [0, 0.1) is 0 Å². The molecular weight excluding hydrogens is 402 g/mol. The first-order chi connectivity index (χ1) is 12.3. The lowest BCUT2D eigenvalue weighted by molar-refractivity contribution is -0.167. The van der Waals surface area contributed by atoms with Gasteiger partial charge in [0.25, 0.3) is 10.0 Å². The monoisotopic (exact) mass is 412 g/mol. The number of hydrogen-bond acceptors (Lipinski definition) is 3. The molecule has 0 saturated carbocycles. The fourth-order valence-corrected chi connectivity index (χ4v) is 2.94. The van der Waals surface area contributed by atoms with Crippen molar-refractivity contribution in [2.45, 2.75) is 17.2 Å². The number of benzene rings is 2. The zero-order valence-electron chi connectivity index (χ0n) is 13.0. The summed E-state index contributed by atoms with van der Waals surface area (Å²) in [5.41, 5.74) is -1.72. The van der Waals surface area contributed by atoms with Gasteiger partial charge in [-0.15, -0.1) is 0 Å². The van der Waals surface area contributed by atoms with Gasteiger partial charge in [0.15, 0.2) is 0 Å². The number of hydrogen-bond donors (Lipinski definition) is 2. The van der Waals surface area contributed by atoms with Crippen LogP contribution in [0.2, 0.25) is 0 Å². The number of amides is 1. The van der Waals surface area contributed by atoms with E-state index in [1.54, 1.807) is 0 Å². The smallest absolute Gasteiger partial charge is 0.318 e. The van der Waals surface area contributed by atoms with Crippen LogP contribution in [0.15, 0.2) is 53.4 Å². The van der Waals surface area contributed by atoms with E-state index in [-0.39, 0.29) is 11.4 Å². The van der Waals surface area contributed by atoms with E-state index in [1.165, 1.54) is 5.32 Å². The fraction of sp³-hybridized carbons (Fsp3) is 0.133. The van der Waals surface area contributed by atoms with Gasteiger partial charge in [0.05, 0.1) is 10.5 Å².